The predicted octanol–water partition coefficient (Wildman–Crippen LogP) is 1.25. The van der Waals surface area contributed by atoms with Gasteiger partial charge < -0.3 is 19.9 Å². The number of amides is 1. The van der Waals surface area contributed by atoms with E-state index < -0.39 is 0 Å². The summed E-state index contributed by atoms with van der Waals surface area (Å²) < 4.78 is 5.16. The molecule has 0 aliphatic carbocycles. The van der Waals surface area contributed by atoms with Gasteiger partial charge in [-0.25, -0.2) is 4.98 Å². The summed E-state index contributed by atoms with van der Waals surface area (Å²) >= 11 is 5.96. The van der Waals surface area contributed by atoms with Gasteiger partial charge in [0.05, 0.1) is 17.5 Å². The predicted molar refractivity (Wildman–Crippen MR) is 109 cm³/mol. The number of anilines is 1. The van der Waals surface area contributed by atoms with Gasteiger partial charge in [-0.1, -0.05) is 29.8 Å². The molecule has 146 valence electrons. The number of H-pyrrole nitrogens is 1. The van der Waals surface area contributed by atoms with Crippen molar-refractivity contribution < 1.29 is 14.4 Å². The van der Waals surface area contributed by atoms with Crippen molar-refractivity contribution in [2.24, 2.45) is 0 Å². The SMILES string of the molecule is COCC[NH+](CC(=O)Nc1cccc(Cl)c1)Cc1nc2ccccc2c(=O)[nH]1. The van der Waals surface area contributed by atoms with E-state index in [1.807, 2.05) is 6.07 Å². The number of para-hydroxylation sites is 1. The third-order valence-electron chi connectivity index (χ3n) is 4.26. The van der Waals surface area contributed by atoms with Gasteiger partial charge in [-0.15, -0.1) is 0 Å². The molecule has 0 aliphatic rings. The maximum absolute atomic E-state index is 12.5. The number of quaternary nitrogens is 1. The van der Waals surface area contributed by atoms with Gasteiger partial charge in [0.15, 0.2) is 12.4 Å². The monoisotopic (exact) mass is 401 g/mol. The van der Waals surface area contributed by atoms with Gasteiger partial charge in [0.1, 0.15) is 13.1 Å². The van der Waals surface area contributed by atoms with E-state index in [4.69, 9.17) is 16.3 Å². The molecular weight excluding hydrogens is 380 g/mol. The van der Waals surface area contributed by atoms with Crippen LogP contribution in [-0.2, 0) is 16.1 Å². The standard InChI is InChI=1S/C20H21ClN4O3/c1-28-10-9-25(13-19(26)22-15-6-4-5-14(21)11-15)12-18-23-17-8-3-2-7-16(17)20(27)24-18/h2-8,11H,9-10,12-13H2,1H3,(H,22,26)(H,23,24,27)/p+1. The Kier molecular flexibility index (Phi) is 6.76. The minimum absolute atomic E-state index is 0.156. The fourth-order valence-corrected chi connectivity index (χ4v) is 3.13. The molecule has 1 aromatic heterocycles. The highest BCUT2D eigenvalue weighted by Gasteiger charge is 2.17. The van der Waals surface area contributed by atoms with Crippen molar-refractivity contribution in [2.45, 2.75) is 6.54 Å². The van der Waals surface area contributed by atoms with Gasteiger partial charge in [-0.05, 0) is 30.3 Å². The molecule has 0 fully saturated rings. The van der Waals surface area contributed by atoms with Crippen LogP contribution in [0, 0.1) is 0 Å². The summed E-state index contributed by atoms with van der Waals surface area (Å²) in [5.41, 5.74) is 1.09. The summed E-state index contributed by atoms with van der Waals surface area (Å²) in [5.74, 6) is 0.377. The first-order valence-corrected chi connectivity index (χ1v) is 9.29. The number of carbonyl (C=O) groups excluding carboxylic acids is 1. The lowest BCUT2D eigenvalue weighted by Crippen LogP contribution is -3.12. The molecule has 8 heteroatoms. The van der Waals surface area contributed by atoms with Crippen LogP contribution in [-0.4, -0.2) is 42.7 Å². The van der Waals surface area contributed by atoms with Gasteiger partial charge in [0.25, 0.3) is 11.5 Å². The van der Waals surface area contributed by atoms with Crippen LogP contribution in [0.15, 0.2) is 53.3 Å². The van der Waals surface area contributed by atoms with E-state index in [9.17, 15) is 9.59 Å². The van der Waals surface area contributed by atoms with E-state index in [1.54, 1.807) is 49.6 Å². The van der Waals surface area contributed by atoms with E-state index >= 15 is 0 Å². The molecule has 28 heavy (non-hydrogen) atoms. The van der Waals surface area contributed by atoms with Crippen LogP contribution in [0.3, 0.4) is 0 Å². The van der Waals surface area contributed by atoms with Crippen molar-refractivity contribution in [3.8, 4) is 0 Å². The summed E-state index contributed by atoms with van der Waals surface area (Å²) in [6, 6.07) is 14.2. The number of ether oxygens (including phenoxy) is 1. The van der Waals surface area contributed by atoms with E-state index in [0.717, 1.165) is 4.90 Å². The second-order valence-corrected chi connectivity index (χ2v) is 6.87. The highest BCUT2D eigenvalue weighted by Crippen LogP contribution is 2.14. The number of nitrogens with one attached hydrogen (secondary N) is 3. The minimum Gasteiger partial charge on any atom is -0.379 e. The fraction of sp³-hybridized carbons (Fsp3) is 0.250. The second-order valence-electron chi connectivity index (χ2n) is 6.43. The molecule has 0 saturated heterocycles. The first-order chi connectivity index (χ1) is 13.5. The Hall–Kier alpha value is -2.74. The van der Waals surface area contributed by atoms with Crippen LogP contribution in [0.1, 0.15) is 5.82 Å². The Balaban J connectivity index is 1.73. The van der Waals surface area contributed by atoms with Crippen molar-refractivity contribution in [1.82, 2.24) is 9.97 Å². The summed E-state index contributed by atoms with van der Waals surface area (Å²) in [4.78, 5) is 33.0. The highest BCUT2D eigenvalue weighted by molar-refractivity contribution is 6.30. The molecular formula is C20H22ClN4O3+. The third kappa shape index (κ3) is 5.39. The van der Waals surface area contributed by atoms with Crippen molar-refractivity contribution in [3.05, 3.63) is 69.7 Å². The molecule has 3 rings (SSSR count). The average molecular weight is 402 g/mol. The van der Waals surface area contributed by atoms with Crippen molar-refractivity contribution in [1.29, 1.82) is 0 Å². The lowest BCUT2D eigenvalue weighted by molar-refractivity contribution is -0.906. The number of hydrogen-bond acceptors (Lipinski definition) is 4. The largest absolute Gasteiger partial charge is 0.379 e. The summed E-state index contributed by atoms with van der Waals surface area (Å²) in [6.07, 6.45) is 0. The molecule has 1 unspecified atom stereocenters. The van der Waals surface area contributed by atoms with Gasteiger partial charge in [-0.2, -0.15) is 0 Å². The average Bonchev–Trinajstić information content (AvgIpc) is 2.66. The fourth-order valence-electron chi connectivity index (χ4n) is 2.94. The van der Waals surface area contributed by atoms with Crippen molar-refractivity contribution >= 4 is 34.1 Å². The number of aromatic nitrogens is 2. The van der Waals surface area contributed by atoms with Gasteiger partial charge >= 0.3 is 0 Å². The molecule has 1 heterocycles. The molecule has 2 aromatic carbocycles. The molecule has 1 atom stereocenters. The zero-order valence-electron chi connectivity index (χ0n) is 15.5. The van der Waals surface area contributed by atoms with Gasteiger partial charge in [0.2, 0.25) is 0 Å². The van der Waals surface area contributed by atoms with Crippen LogP contribution in [0.4, 0.5) is 5.69 Å². The molecule has 0 spiro atoms. The van der Waals surface area contributed by atoms with Crippen LogP contribution in [0.5, 0.6) is 0 Å². The van der Waals surface area contributed by atoms with Crippen molar-refractivity contribution in [3.63, 3.8) is 0 Å². The molecule has 0 bridgehead atoms. The van der Waals surface area contributed by atoms with E-state index in [0.29, 0.717) is 47.1 Å². The molecule has 0 saturated carbocycles. The molecule has 0 radical (unpaired) electrons. The Morgan fingerprint density at radius 2 is 2.07 bits per heavy atom. The maximum Gasteiger partial charge on any atom is 0.279 e. The van der Waals surface area contributed by atoms with Gasteiger partial charge in [-0.3, -0.25) is 9.59 Å². The molecule has 7 nitrogen and oxygen atoms in total. The number of hydrogen-bond donors (Lipinski definition) is 3. The first-order valence-electron chi connectivity index (χ1n) is 8.91. The zero-order chi connectivity index (χ0) is 19.9. The number of fused-ring (bicyclic) bond motifs is 1. The molecule has 0 aliphatic heterocycles. The number of halogens is 1. The lowest BCUT2D eigenvalue weighted by Gasteiger charge is -2.18. The summed E-state index contributed by atoms with van der Waals surface area (Å²) in [5, 5.41) is 3.94. The normalized spacial score (nSPS) is 12.1. The van der Waals surface area contributed by atoms with Crippen LogP contribution in [0.2, 0.25) is 5.02 Å². The van der Waals surface area contributed by atoms with Crippen LogP contribution in [0.25, 0.3) is 10.9 Å². The minimum atomic E-state index is -0.185. The second kappa shape index (κ2) is 9.45. The highest BCUT2D eigenvalue weighted by atomic mass is 35.5. The number of aromatic amines is 1. The number of methoxy groups -OCH3 is 1. The maximum atomic E-state index is 12.5. The summed E-state index contributed by atoms with van der Waals surface area (Å²) in [6.45, 7) is 1.67. The Bertz CT molecular complexity index is 1020. The topological polar surface area (TPSA) is 88.5 Å². The van der Waals surface area contributed by atoms with E-state index in [1.165, 1.54) is 0 Å². The Labute approximate surface area is 167 Å². The molecule has 3 aromatic rings. The smallest absolute Gasteiger partial charge is 0.279 e. The number of rotatable bonds is 8. The zero-order valence-corrected chi connectivity index (χ0v) is 16.3. The number of carbonyl (C=O) groups is 1. The van der Waals surface area contributed by atoms with Gasteiger partial charge in [0, 0.05) is 17.8 Å². The van der Waals surface area contributed by atoms with Crippen LogP contribution >= 0.6 is 11.6 Å². The Morgan fingerprint density at radius 3 is 2.86 bits per heavy atom. The number of benzene rings is 2. The summed E-state index contributed by atoms with van der Waals surface area (Å²) in [7, 11) is 1.61. The van der Waals surface area contributed by atoms with E-state index in [-0.39, 0.29) is 18.0 Å². The van der Waals surface area contributed by atoms with Crippen molar-refractivity contribution in [2.75, 3.05) is 32.1 Å². The lowest BCUT2D eigenvalue weighted by atomic mass is 10.2. The van der Waals surface area contributed by atoms with E-state index in [2.05, 4.69) is 15.3 Å². The first kappa shape index (κ1) is 20.0. The number of nitrogens with zero attached hydrogens (tertiary/aromatic N) is 1. The molecule has 1 amide bonds. The van der Waals surface area contributed by atoms with Crippen LogP contribution < -0.4 is 15.8 Å². The third-order valence-corrected chi connectivity index (χ3v) is 4.49. The quantitative estimate of drug-likeness (QED) is 0.530. The molecule has 3 N–H and O–H groups in total. The Morgan fingerprint density at radius 1 is 1.25 bits per heavy atom.